The summed E-state index contributed by atoms with van der Waals surface area (Å²) in [4.78, 5) is 23.7. The first-order chi connectivity index (χ1) is 15.3. The fourth-order valence-corrected chi connectivity index (χ4v) is 4.09. The smallest absolute Gasteiger partial charge is 0.255 e. The number of thiazole rings is 1. The molecule has 0 radical (unpaired) electrons. The summed E-state index contributed by atoms with van der Waals surface area (Å²) in [5.41, 5.74) is 5.51. The molecule has 2 heterocycles. The Morgan fingerprint density at radius 2 is 1.81 bits per heavy atom. The standard InChI is InChI=1S/C26H26N4OS/c1-18-7-12-21(29-24(31)19-8-10-20(11-9-19)26(2,3)4)16-23(18)30(25-28-14-15-32-25)22-6-5-13-27-17-22/h5-17H,1-4H3,(H,29,31). The van der Waals surface area contributed by atoms with Gasteiger partial charge in [-0.05, 0) is 59.9 Å². The molecule has 4 rings (SSSR count). The Bertz CT molecular complexity index is 1200. The summed E-state index contributed by atoms with van der Waals surface area (Å²) in [5.74, 6) is -0.137. The van der Waals surface area contributed by atoms with Crippen LogP contribution < -0.4 is 10.2 Å². The number of hydrogen-bond donors (Lipinski definition) is 1. The number of pyridine rings is 1. The predicted molar refractivity (Wildman–Crippen MR) is 132 cm³/mol. The summed E-state index contributed by atoms with van der Waals surface area (Å²) < 4.78 is 0. The van der Waals surface area contributed by atoms with E-state index < -0.39 is 0 Å². The van der Waals surface area contributed by atoms with E-state index in [-0.39, 0.29) is 11.3 Å². The van der Waals surface area contributed by atoms with Crippen molar-refractivity contribution in [3.63, 3.8) is 0 Å². The van der Waals surface area contributed by atoms with Crippen molar-refractivity contribution >= 4 is 39.4 Å². The number of rotatable bonds is 5. The van der Waals surface area contributed by atoms with Crippen LogP contribution in [-0.2, 0) is 5.41 Å². The van der Waals surface area contributed by atoms with Gasteiger partial charge in [-0.2, -0.15) is 0 Å². The number of anilines is 4. The molecule has 32 heavy (non-hydrogen) atoms. The van der Waals surface area contributed by atoms with E-state index in [9.17, 15) is 4.79 Å². The summed E-state index contributed by atoms with van der Waals surface area (Å²) in [7, 11) is 0. The van der Waals surface area contributed by atoms with Crippen molar-refractivity contribution in [3.8, 4) is 0 Å². The van der Waals surface area contributed by atoms with Crippen LogP contribution in [0.15, 0.2) is 78.6 Å². The molecule has 0 aliphatic rings. The third kappa shape index (κ3) is 4.70. The molecule has 4 aromatic rings. The Hall–Kier alpha value is -3.51. The first-order valence-corrected chi connectivity index (χ1v) is 11.3. The highest BCUT2D eigenvalue weighted by Crippen LogP contribution is 2.38. The van der Waals surface area contributed by atoms with Crippen LogP contribution in [0, 0.1) is 6.92 Å². The normalized spacial score (nSPS) is 11.2. The lowest BCUT2D eigenvalue weighted by molar-refractivity contribution is 0.102. The minimum atomic E-state index is -0.137. The van der Waals surface area contributed by atoms with E-state index in [1.165, 1.54) is 5.56 Å². The minimum Gasteiger partial charge on any atom is -0.322 e. The molecule has 0 aliphatic carbocycles. The number of aryl methyl sites for hydroxylation is 1. The van der Waals surface area contributed by atoms with Gasteiger partial charge in [-0.25, -0.2) is 4.98 Å². The molecule has 0 bridgehead atoms. The molecule has 1 amide bonds. The molecule has 0 saturated heterocycles. The van der Waals surface area contributed by atoms with Gasteiger partial charge in [-0.15, -0.1) is 11.3 Å². The number of nitrogens with one attached hydrogen (secondary N) is 1. The molecule has 0 saturated carbocycles. The maximum Gasteiger partial charge on any atom is 0.255 e. The van der Waals surface area contributed by atoms with Crippen molar-refractivity contribution in [2.45, 2.75) is 33.1 Å². The molecule has 0 fully saturated rings. The largest absolute Gasteiger partial charge is 0.322 e. The average Bonchev–Trinajstić information content (AvgIpc) is 3.31. The van der Waals surface area contributed by atoms with Crippen LogP contribution in [0.1, 0.15) is 42.3 Å². The Balaban J connectivity index is 1.64. The number of carbonyl (C=O) groups excluding carboxylic acids is 1. The van der Waals surface area contributed by atoms with Gasteiger partial charge in [0.25, 0.3) is 5.91 Å². The lowest BCUT2D eigenvalue weighted by Gasteiger charge is -2.24. The summed E-state index contributed by atoms with van der Waals surface area (Å²) >= 11 is 1.55. The van der Waals surface area contributed by atoms with Crippen LogP contribution >= 0.6 is 11.3 Å². The first-order valence-electron chi connectivity index (χ1n) is 10.4. The van der Waals surface area contributed by atoms with Crippen LogP contribution in [-0.4, -0.2) is 15.9 Å². The van der Waals surface area contributed by atoms with Crippen LogP contribution in [0.2, 0.25) is 0 Å². The van der Waals surface area contributed by atoms with Gasteiger partial charge in [-0.3, -0.25) is 14.7 Å². The van der Waals surface area contributed by atoms with Gasteiger partial charge >= 0.3 is 0 Å². The van der Waals surface area contributed by atoms with Gasteiger partial charge in [0.2, 0.25) is 0 Å². The minimum absolute atomic E-state index is 0.0481. The van der Waals surface area contributed by atoms with Gasteiger partial charge in [0.05, 0.1) is 17.6 Å². The highest BCUT2D eigenvalue weighted by molar-refractivity contribution is 7.13. The van der Waals surface area contributed by atoms with Crippen molar-refractivity contribution in [2.75, 3.05) is 10.2 Å². The highest BCUT2D eigenvalue weighted by atomic mass is 32.1. The Kier molecular flexibility index (Phi) is 6.06. The van der Waals surface area contributed by atoms with E-state index in [4.69, 9.17) is 0 Å². The van der Waals surface area contributed by atoms with Crippen molar-refractivity contribution < 1.29 is 4.79 Å². The van der Waals surface area contributed by atoms with Gasteiger partial charge in [-0.1, -0.05) is 39.0 Å². The quantitative estimate of drug-likeness (QED) is 0.366. The first kappa shape index (κ1) is 21.7. The summed E-state index contributed by atoms with van der Waals surface area (Å²) in [6.07, 6.45) is 5.34. The number of carbonyl (C=O) groups is 1. The summed E-state index contributed by atoms with van der Waals surface area (Å²) in [6, 6.07) is 17.6. The van der Waals surface area contributed by atoms with Crippen LogP contribution in [0.4, 0.5) is 22.2 Å². The van der Waals surface area contributed by atoms with Crippen molar-refractivity contribution in [2.24, 2.45) is 0 Å². The third-order valence-corrected chi connectivity index (χ3v) is 5.99. The molecule has 0 spiro atoms. The zero-order valence-electron chi connectivity index (χ0n) is 18.7. The molecule has 0 atom stereocenters. The van der Waals surface area contributed by atoms with E-state index in [0.717, 1.165) is 27.8 Å². The van der Waals surface area contributed by atoms with E-state index >= 15 is 0 Å². The maximum atomic E-state index is 12.9. The average molecular weight is 443 g/mol. The van der Waals surface area contributed by atoms with Crippen LogP contribution in [0.3, 0.4) is 0 Å². The number of amides is 1. The monoisotopic (exact) mass is 442 g/mol. The molecular weight excluding hydrogens is 416 g/mol. The molecule has 162 valence electrons. The zero-order chi connectivity index (χ0) is 22.7. The second-order valence-electron chi connectivity index (χ2n) is 8.64. The second kappa shape index (κ2) is 8.93. The van der Waals surface area contributed by atoms with Crippen LogP contribution in [0.5, 0.6) is 0 Å². The Labute approximate surface area is 192 Å². The number of hydrogen-bond acceptors (Lipinski definition) is 5. The molecule has 0 unspecified atom stereocenters. The van der Waals surface area contributed by atoms with E-state index in [1.807, 2.05) is 73.1 Å². The van der Waals surface area contributed by atoms with E-state index in [0.29, 0.717) is 5.56 Å². The molecule has 6 heteroatoms. The molecule has 5 nitrogen and oxygen atoms in total. The van der Waals surface area contributed by atoms with Crippen molar-refractivity contribution in [1.29, 1.82) is 0 Å². The number of aromatic nitrogens is 2. The Morgan fingerprint density at radius 3 is 2.44 bits per heavy atom. The molecule has 0 aliphatic heterocycles. The fraction of sp³-hybridized carbons (Fsp3) is 0.192. The van der Waals surface area contributed by atoms with Crippen molar-refractivity contribution in [3.05, 3.63) is 95.3 Å². The summed E-state index contributed by atoms with van der Waals surface area (Å²) in [6.45, 7) is 8.52. The zero-order valence-corrected chi connectivity index (χ0v) is 19.5. The van der Waals surface area contributed by atoms with Gasteiger partial charge < -0.3 is 5.32 Å². The number of nitrogens with zero attached hydrogens (tertiary/aromatic N) is 3. The summed E-state index contributed by atoms with van der Waals surface area (Å²) in [5, 5.41) is 5.82. The lowest BCUT2D eigenvalue weighted by Crippen LogP contribution is -2.15. The topological polar surface area (TPSA) is 58.1 Å². The van der Waals surface area contributed by atoms with Crippen molar-refractivity contribution in [1.82, 2.24) is 9.97 Å². The maximum absolute atomic E-state index is 12.9. The van der Waals surface area contributed by atoms with Gasteiger partial charge in [0.15, 0.2) is 5.13 Å². The molecule has 2 aromatic carbocycles. The fourth-order valence-electron chi connectivity index (χ4n) is 3.42. The Morgan fingerprint density at radius 1 is 1.03 bits per heavy atom. The third-order valence-electron chi connectivity index (χ3n) is 5.24. The lowest BCUT2D eigenvalue weighted by atomic mass is 9.87. The SMILES string of the molecule is Cc1ccc(NC(=O)c2ccc(C(C)(C)C)cc2)cc1N(c1cccnc1)c1nccs1. The second-order valence-corrected chi connectivity index (χ2v) is 9.52. The van der Waals surface area contributed by atoms with E-state index in [2.05, 4.69) is 41.0 Å². The molecule has 1 N–H and O–H groups in total. The molecular formula is C26H26N4OS. The highest BCUT2D eigenvalue weighted by Gasteiger charge is 2.18. The van der Waals surface area contributed by atoms with Crippen LogP contribution in [0.25, 0.3) is 0 Å². The van der Waals surface area contributed by atoms with E-state index in [1.54, 1.807) is 23.7 Å². The number of benzene rings is 2. The van der Waals surface area contributed by atoms with Gasteiger partial charge in [0.1, 0.15) is 0 Å². The predicted octanol–water partition coefficient (Wildman–Crippen LogP) is 6.87. The molecule has 2 aromatic heterocycles. The van der Waals surface area contributed by atoms with Gasteiger partial charge in [0, 0.05) is 29.0 Å².